The molecule has 0 aromatic heterocycles. The Morgan fingerprint density at radius 2 is 1.92 bits per heavy atom. The molecule has 1 aromatic rings. The lowest BCUT2D eigenvalue weighted by Crippen LogP contribution is -2.55. The fraction of sp³-hybridized carbons (Fsp3) is 0.682. The van der Waals surface area contributed by atoms with Crippen LogP contribution in [-0.4, -0.2) is 54.5 Å². The van der Waals surface area contributed by atoms with E-state index in [0.717, 1.165) is 57.3 Å². The Morgan fingerprint density at radius 3 is 2.73 bits per heavy atom. The van der Waals surface area contributed by atoms with Gasteiger partial charge in [0.15, 0.2) is 0 Å². The van der Waals surface area contributed by atoms with Gasteiger partial charge in [0.25, 0.3) is 0 Å². The van der Waals surface area contributed by atoms with Gasteiger partial charge in [0.2, 0.25) is 5.91 Å². The number of fused-ring (bicyclic) bond motifs is 2. The van der Waals surface area contributed by atoms with Crippen LogP contribution in [-0.2, 0) is 11.3 Å². The molecule has 3 fully saturated rings. The standard InChI is InChI=1S/C22H33N3O/c26-22(25-11-4-5-12-25)10-6-9-21-20-13-19(14-23-21)16-24(17-20)15-18-7-2-1-3-8-18/h1-3,7-8,19-21,23H,4-6,9-17H2/t19-,20?,21+/m0/s1. The van der Waals surface area contributed by atoms with Gasteiger partial charge in [-0.2, -0.15) is 0 Å². The number of amides is 1. The lowest BCUT2D eigenvalue weighted by atomic mass is 9.79. The molecule has 3 saturated heterocycles. The van der Waals surface area contributed by atoms with Crippen molar-refractivity contribution < 1.29 is 4.79 Å². The molecular formula is C22H33N3O. The zero-order valence-corrected chi connectivity index (χ0v) is 15.9. The normalized spacial score (nSPS) is 29.1. The van der Waals surface area contributed by atoms with E-state index in [1.54, 1.807) is 0 Å². The number of rotatable bonds is 6. The number of likely N-dealkylation sites (tertiary alicyclic amines) is 2. The van der Waals surface area contributed by atoms with Crippen LogP contribution in [0.2, 0.25) is 0 Å². The Bertz CT molecular complexity index is 584. The number of hydrogen-bond donors (Lipinski definition) is 1. The van der Waals surface area contributed by atoms with Crippen molar-refractivity contribution >= 4 is 5.91 Å². The van der Waals surface area contributed by atoms with E-state index in [1.807, 2.05) is 0 Å². The summed E-state index contributed by atoms with van der Waals surface area (Å²) in [6.45, 7) is 6.61. The molecule has 2 bridgehead atoms. The van der Waals surface area contributed by atoms with E-state index >= 15 is 0 Å². The van der Waals surface area contributed by atoms with Gasteiger partial charge in [-0.3, -0.25) is 9.69 Å². The summed E-state index contributed by atoms with van der Waals surface area (Å²) in [7, 11) is 0. The number of piperidine rings is 2. The summed E-state index contributed by atoms with van der Waals surface area (Å²) in [4.78, 5) is 17.0. The Kier molecular flexibility index (Phi) is 5.91. The third-order valence-corrected chi connectivity index (χ3v) is 6.50. The van der Waals surface area contributed by atoms with Crippen LogP contribution in [0, 0.1) is 11.8 Å². The minimum atomic E-state index is 0.380. The van der Waals surface area contributed by atoms with Gasteiger partial charge in [-0.1, -0.05) is 30.3 Å². The van der Waals surface area contributed by atoms with Crippen LogP contribution in [0.25, 0.3) is 0 Å². The Morgan fingerprint density at radius 1 is 1.12 bits per heavy atom. The Labute approximate surface area is 157 Å². The van der Waals surface area contributed by atoms with Crippen LogP contribution in [0.5, 0.6) is 0 Å². The second-order valence-corrected chi connectivity index (χ2v) is 8.54. The second-order valence-electron chi connectivity index (χ2n) is 8.54. The molecule has 0 radical (unpaired) electrons. The third-order valence-electron chi connectivity index (χ3n) is 6.50. The Balaban J connectivity index is 1.25. The van der Waals surface area contributed by atoms with E-state index in [-0.39, 0.29) is 0 Å². The van der Waals surface area contributed by atoms with Gasteiger partial charge in [-0.05, 0) is 56.0 Å². The molecule has 0 aliphatic carbocycles. The van der Waals surface area contributed by atoms with Crippen molar-refractivity contribution in [3.63, 3.8) is 0 Å². The maximum absolute atomic E-state index is 12.3. The monoisotopic (exact) mass is 355 g/mol. The van der Waals surface area contributed by atoms with Crippen molar-refractivity contribution in [2.45, 2.75) is 51.1 Å². The maximum Gasteiger partial charge on any atom is 0.222 e. The average Bonchev–Trinajstić information content (AvgIpc) is 3.19. The van der Waals surface area contributed by atoms with Gasteiger partial charge in [-0.25, -0.2) is 0 Å². The van der Waals surface area contributed by atoms with Gasteiger partial charge in [0.05, 0.1) is 0 Å². The van der Waals surface area contributed by atoms with Crippen LogP contribution in [0.1, 0.15) is 44.1 Å². The minimum Gasteiger partial charge on any atom is -0.343 e. The highest BCUT2D eigenvalue weighted by Crippen LogP contribution is 2.31. The molecule has 4 nitrogen and oxygen atoms in total. The van der Waals surface area contributed by atoms with E-state index in [4.69, 9.17) is 0 Å². The molecule has 0 spiro atoms. The van der Waals surface area contributed by atoms with Gasteiger partial charge in [-0.15, -0.1) is 0 Å². The van der Waals surface area contributed by atoms with Crippen molar-refractivity contribution in [3.05, 3.63) is 35.9 Å². The van der Waals surface area contributed by atoms with Crippen molar-refractivity contribution in [1.29, 1.82) is 0 Å². The number of hydrogen-bond acceptors (Lipinski definition) is 3. The first kappa shape index (κ1) is 18.0. The zero-order valence-electron chi connectivity index (χ0n) is 15.9. The Hall–Kier alpha value is -1.39. The van der Waals surface area contributed by atoms with Gasteiger partial charge < -0.3 is 10.2 Å². The van der Waals surface area contributed by atoms with E-state index in [2.05, 4.69) is 45.4 Å². The third kappa shape index (κ3) is 4.47. The molecular weight excluding hydrogens is 322 g/mol. The quantitative estimate of drug-likeness (QED) is 0.852. The molecule has 3 heterocycles. The molecule has 0 saturated carbocycles. The van der Waals surface area contributed by atoms with Crippen molar-refractivity contribution in [3.8, 4) is 0 Å². The largest absolute Gasteiger partial charge is 0.343 e. The fourth-order valence-electron chi connectivity index (χ4n) is 5.18. The summed E-state index contributed by atoms with van der Waals surface area (Å²) in [6.07, 6.45) is 6.67. The van der Waals surface area contributed by atoms with Gasteiger partial charge in [0.1, 0.15) is 0 Å². The molecule has 4 rings (SSSR count). The van der Waals surface area contributed by atoms with Crippen LogP contribution in [0.15, 0.2) is 30.3 Å². The molecule has 3 atom stereocenters. The molecule has 1 N–H and O–H groups in total. The predicted octanol–water partition coefficient (Wildman–Crippen LogP) is 2.89. The number of nitrogens with zero attached hydrogens (tertiary/aromatic N) is 2. The van der Waals surface area contributed by atoms with E-state index < -0.39 is 0 Å². The highest BCUT2D eigenvalue weighted by atomic mass is 16.2. The van der Waals surface area contributed by atoms with Gasteiger partial charge >= 0.3 is 0 Å². The molecule has 3 aliphatic rings. The minimum absolute atomic E-state index is 0.380. The summed E-state index contributed by atoms with van der Waals surface area (Å²) in [5.74, 6) is 1.92. The topological polar surface area (TPSA) is 35.6 Å². The van der Waals surface area contributed by atoms with Gasteiger partial charge in [0, 0.05) is 45.2 Å². The van der Waals surface area contributed by atoms with Crippen LogP contribution in [0.3, 0.4) is 0 Å². The van der Waals surface area contributed by atoms with E-state index in [0.29, 0.717) is 11.9 Å². The number of nitrogens with one attached hydrogen (secondary N) is 1. The van der Waals surface area contributed by atoms with Crippen molar-refractivity contribution in [1.82, 2.24) is 15.1 Å². The van der Waals surface area contributed by atoms with Crippen LogP contribution in [0.4, 0.5) is 0 Å². The number of carbonyl (C=O) groups is 1. The summed E-state index contributed by atoms with van der Waals surface area (Å²) in [5.41, 5.74) is 1.42. The summed E-state index contributed by atoms with van der Waals surface area (Å²) < 4.78 is 0. The lowest BCUT2D eigenvalue weighted by molar-refractivity contribution is -0.130. The molecule has 142 valence electrons. The predicted molar refractivity (Wildman–Crippen MR) is 105 cm³/mol. The maximum atomic E-state index is 12.3. The average molecular weight is 356 g/mol. The fourth-order valence-corrected chi connectivity index (χ4v) is 5.18. The molecule has 1 unspecified atom stereocenters. The summed E-state index contributed by atoms with van der Waals surface area (Å²) >= 11 is 0. The molecule has 3 aliphatic heterocycles. The van der Waals surface area contributed by atoms with Crippen LogP contribution >= 0.6 is 0 Å². The molecule has 1 amide bonds. The van der Waals surface area contributed by atoms with Crippen LogP contribution < -0.4 is 5.32 Å². The first-order chi connectivity index (χ1) is 12.8. The molecule has 26 heavy (non-hydrogen) atoms. The SMILES string of the molecule is O=C(CCC[C@H]1NC[C@@H]2CC1CN(Cc1ccccc1)C2)N1CCCC1. The van der Waals surface area contributed by atoms with E-state index in [9.17, 15) is 4.79 Å². The molecule has 4 heteroatoms. The van der Waals surface area contributed by atoms with Crippen molar-refractivity contribution in [2.75, 3.05) is 32.7 Å². The second kappa shape index (κ2) is 8.53. The highest BCUT2D eigenvalue weighted by molar-refractivity contribution is 5.76. The first-order valence-electron chi connectivity index (χ1n) is 10.6. The lowest BCUT2D eigenvalue weighted by Gasteiger charge is -2.46. The summed E-state index contributed by atoms with van der Waals surface area (Å²) in [6, 6.07) is 11.5. The highest BCUT2D eigenvalue weighted by Gasteiger charge is 2.36. The zero-order chi connectivity index (χ0) is 17.8. The van der Waals surface area contributed by atoms with E-state index in [1.165, 1.54) is 37.9 Å². The first-order valence-corrected chi connectivity index (χ1v) is 10.6. The summed E-state index contributed by atoms with van der Waals surface area (Å²) in [5, 5.41) is 3.80. The number of carbonyl (C=O) groups excluding carboxylic acids is 1. The molecule has 1 aromatic carbocycles. The van der Waals surface area contributed by atoms with Crippen molar-refractivity contribution in [2.24, 2.45) is 11.8 Å². The number of benzene rings is 1. The smallest absolute Gasteiger partial charge is 0.222 e.